The predicted octanol–water partition coefficient (Wildman–Crippen LogP) is 4.07. The minimum Gasteiger partial charge on any atom is -0.352 e. The van der Waals surface area contributed by atoms with Crippen LogP contribution in [0.2, 0.25) is 0 Å². The highest BCUT2D eigenvalue weighted by molar-refractivity contribution is 9.10. The van der Waals surface area contributed by atoms with E-state index in [0.29, 0.717) is 5.11 Å². The average molecular weight is 351 g/mol. The molecule has 96 valence electrons. The molecule has 0 aliphatic carbocycles. The molecule has 2 N–H and O–H groups in total. The van der Waals surface area contributed by atoms with Gasteiger partial charge >= 0.3 is 0 Å². The van der Waals surface area contributed by atoms with Crippen molar-refractivity contribution in [1.29, 1.82) is 0 Å². The van der Waals surface area contributed by atoms with E-state index >= 15 is 0 Å². The summed E-state index contributed by atoms with van der Waals surface area (Å²) in [6.07, 6.45) is 2.17. The van der Waals surface area contributed by atoms with Crippen LogP contribution >= 0.6 is 39.5 Å². The highest BCUT2D eigenvalue weighted by Crippen LogP contribution is 2.26. The van der Waals surface area contributed by atoms with E-state index in [4.69, 9.17) is 12.2 Å². The maximum atomic E-state index is 5.29. The molecule has 3 rings (SSSR count). The minimum atomic E-state index is 0.110. The molecule has 0 spiro atoms. The van der Waals surface area contributed by atoms with Gasteiger partial charge in [-0.2, -0.15) is 0 Å². The second kappa shape index (κ2) is 5.45. The quantitative estimate of drug-likeness (QED) is 0.798. The van der Waals surface area contributed by atoms with E-state index in [-0.39, 0.29) is 6.04 Å². The van der Waals surface area contributed by atoms with Crippen molar-refractivity contribution in [2.24, 2.45) is 0 Å². The van der Waals surface area contributed by atoms with Crippen LogP contribution in [0.3, 0.4) is 0 Å². The molecule has 0 fully saturated rings. The van der Waals surface area contributed by atoms with Crippen molar-refractivity contribution < 1.29 is 0 Å². The highest BCUT2D eigenvalue weighted by Gasteiger charge is 2.18. The topological polar surface area (TPSA) is 24.1 Å². The zero-order valence-electron chi connectivity index (χ0n) is 9.89. The van der Waals surface area contributed by atoms with Gasteiger partial charge in [-0.25, -0.2) is 0 Å². The molecular formula is C14H11BrN2S2. The molecule has 2 heterocycles. The largest absolute Gasteiger partial charge is 0.352 e. The van der Waals surface area contributed by atoms with Crippen molar-refractivity contribution in [3.05, 3.63) is 62.8 Å². The Bertz CT molecular complexity index is 617. The van der Waals surface area contributed by atoms with Crippen molar-refractivity contribution in [2.45, 2.75) is 6.04 Å². The number of hydrogen-bond donors (Lipinski definition) is 2. The van der Waals surface area contributed by atoms with Gasteiger partial charge in [0.1, 0.15) is 0 Å². The molecule has 0 saturated heterocycles. The zero-order chi connectivity index (χ0) is 13.2. The van der Waals surface area contributed by atoms with Crippen LogP contribution in [0, 0.1) is 0 Å². The molecule has 0 radical (unpaired) electrons. The van der Waals surface area contributed by atoms with E-state index in [2.05, 4.69) is 56.2 Å². The number of halogens is 1. The minimum absolute atomic E-state index is 0.110. The fourth-order valence-corrected chi connectivity index (χ4v) is 3.18. The fourth-order valence-electron chi connectivity index (χ4n) is 1.97. The van der Waals surface area contributed by atoms with Crippen LogP contribution in [-0.2, 0) is 0 Å². The molecule has 0 saturated carbocycles. The van der Waals surface area contributed by atoms with Gasteiger partial charge in [0.15, 0.2) is 5.11 Å². The molecule has 5 heteroatoms. The summed E-state index contributed by atoms with van der Waals surface area (Å²) >= 11 is 10.4. The van der Waals surface area contributed by atoms with Crippen LogP contribution in [0.25, 0.3) is 5.70 Å². The van der Waals surface area contributed by atoms with E-state index in [1.54, 1.807) is 11.3 Å². The summed E-state index contributed by atoms with van der Waals surface area (Å²) in [6.45, 7) is 0. The molecule has 19 heavy (non-hydrogen) atoms. The number of thiophene rings is 1. The first kappa shape index (κ1) is 12.8. The van der Waals surface area contributed by atoms with Gasteiger partial charge in [0.05, 0.1) is 16.6 Å². The van der Waals surface area contributed by atoms with Crippen LogP contribution in [0.4, 0.5) is 0 Å². The summed E-state index contributed by atoms with van der Waals surface area (Å²) in [4.78, 5) is 1.20. The van der Waals surface area contributed by atoms with Crippen molar-refractivity contribution in [2.75, 3.05) is 0 Å². The zero-order valence-corrected chi connectivity index (χ0v) is 13.1. The second-order valence-corrected chi connectivity index (χ2v) is 6.46. The van der Waals surface area contributed by atoms with Crippen LogP contribution < -0.4 is 10.6 Å². The van der Waals surface area contributed by atoms with Crippen LogP contribution in [0.5, 0.6) is 0 Å². The normalized spacial score (nSPS) is 18.5. The SMILES string of the molecule is S=C1NC(c2cccs2)=C[C@H](c2ccc(Br)cc2)N1. The van der Waals surface area contributed by atoms with Gasteiger partial charge in [-0.15, -0.1) is 11.3 Å². The van der Waals surface area contributed by atoms with Gasteiger partial charge < -0.3 is 10.6 Å². The van der Waals surface area contributed by atoms with E-state index in [1.165, 1.54) is 10.4 Å². The lowest BCUT2D eigenvalue weighted by atomic mass is 10.0. The molecule has 1 atom stereocenters. The number of rotatable bonds is 2. The van der Waals surface area contributed by atoms with Crippen LogP contribution in [-0.4, -0.2) is 5.11 Å². The van der Waals surface area contributed by atoms with Crippen molar-refractivity contribution in [3.8, 4) is 0 Å². The van der Waals surface area contributed by atoms with E-state index in [0.717, 1.165) is 10.2 Å². The second-order valence-electron chi connectivity index (χ2n) is 4.19. The van der Waals surface area contributed by atoms with Crippen molar-refractivity contribution >= 4 is 50.3 Å². The lowest BCUT2D eigenvalue weighted by molar-refractivity contribution is 0.766. The Labute approximate surface area is 129 Å². The number of thiocarbonyl (C=S) groups is 1. The Balaban J connectivity index is 1.95. The van der Waals surface area contributed by atoms with Gasteiger partial charge in [-0.1, -0.05) is 34.1 Å². The average Bonchev–Trinajstić information content (AvgIpc) is 2.93. The van der Waals surface area contributed by atoms with E-state index < -0.39 is 0 Å². The first-order chi connectivity index (χ1) is 9.22. The molecule has 0 amide bonds. The molecule has 1 aliphatic rings. The monoisotopic (exact) mass is 350 g/mol. The van der Waals surface area contributed by atoms with Gasteiger partial charge in [0.25, 0.3) is 0 Å². The molecule has 0 bridgehead atoms. The Morgan fingerprint density at radius 2 is 1.95 bits per heavy atom. The third-order valence-corrected chi connectivity index (χ3v) is 4.54. The first-order valence-electron chi connectivity index (χ1n) is 5.81. The van der Waals surface area contributed by atoms with E-state index in [9.17, 15) is 0 Å². The molecular weight excluding hydrogens is 340 g/mol. The first-order valence-corrected chi connectivity index (χ1v) is 7.89. The summed E-state index contributed by atoms with van der Waals surface area (Å²) in [5, 5.41) is 9.22. The summed E-state index contributed by atoms with van der Waals surface area (Å²) in [5.74, 6) is 0. The lowest BCUT2D eigenvalue weighted by Gasteiger charge is -2.25. The summed E-state index contributed by atoms with van der Waals surface area (Å²) in [7, 11) is 0. The Morgan fingerprint density at radius 1 is 1.16 bits per heavy atom. The smallest absolute Gasteiger partial charge is 0.171 e. The Morgan fingerprint density at radius 3 is 2.63 bits per heavy atom. The maximum Gasteiger partial charge on any atom is 0.171 e. The third kappa shape index (κ3) is 2.88. The summed E-state index contributed by atoms with van der Waals surface area (Å²) in [5.41, 5.74) is 2.27. The molecule has 1 aliphatic heterocycles. The Hall–Kier alpha value is -1.17. The fraction of sp³-hybridized carbons (Fsp3) is 0.0714. The highest BCUT2D eigenvalue weighted by atomic mass is 79.9. The summed E-state index contributed by atoms with van der Waals surface area (Å²) < 4.78 is 1.08. The van der Waals surface area contributed by atoms with Gasteiger partial charge in [-0.3, -0.25) is 0 Å². The molecule has 1 aromatic carbocycles. The standard InChI is InChI=1S/C14H11BrN2S2/c15-10-5-3-9(4-6-10)11-8-12(17-14(18)16-11)13-2-1-7-19-13/h1-8,11H,(H2,16,17,18)/t11-/m1/s1. The lowest BCUT2D eigenvalue weighted by Crippen LogP contribution is -2.40. The van der Waals surface area contributed by atoms with Gasteiger partial charge in [0, 0.05) is 4.47 Å². The number of nitrogens with one attached hydrogen (secondary N) is 2. The third-order valence-electron chi connectivity index (χ3n) is 2.88. The predicted molar refractivity (Wildman–Crippen MR) is 88.0 cm³/mol. The van der Waals surface area contributed by atoms with E-state index in [1.807, 2.05) is 18.2 Å². The molecule has 1 aromatic heterocycles. The van der Waals surface area contributed by atoms with Crippen LogP contribution in [0.15, 0.2) is 52.3 Å². The number of benzene rings is 1. The van der Waals surface area contributed by atoms with Gasteiger partial charge in [0.2, 0.25) is 0 Å². The molecule has 0 unspecified atom stereocenters. The maximum absolute atomic E-state index is 5.29. The molecule has 2 aromatic rings. The van der Waals surface area contributed by atoms with Crippen molar-refractivity contribution in [3.63, 3.8) is 0 Å². The summed E-state index contributed by atoms with van der Waals surface area (Å²) in [6, 6.07) is 12.5. The Kier molecular flexibility index (Phi) is 3.68. The van der Waals surface area contributed by atoms with Crippen molar-refractivity contribution in [1.82, 2.24) is 10.6 Å². The number of hydrogen-bond acceptors (Lipinski definition) is 2. The van der Waals surface area contributed by atoms with Gasteiger partial charge in [-0.05, 0) is 47.4 Å². The van der Waals surface area contributed by atoms with Crippen LogP contribution in [0.1, 0.15) is 16.5 Å². The molecule has 2 nitrogen and oxygen atoms in total.